The van der Waals surface area contributed by atoms with Gasteiger partial charge in [-0.05, 0) is 37.3 Å². The molecule has 0 unspecified atom stereocenters. The van der Waals surface area contributed by atoms with Crippen molar-refractivity contribution in [3.63, 3.8) is 0 Å². The first-order valence-electron chi connectivity index (χ1n) is 8.78. The SMILES string of the molecule is C[C@@H](Sc1ccccc1F)C(=O)Nc1cccc(S(=O)(=O)N2CCOCC2)c1. The Morgan fingerprint density at radius 1 is 1.18 bits per heavy atom. The maximum absolute atomic E-state index is 13.8. The van der Waals surface area contributed by atoms with E-state index in [1.54, 1.807) is 37.3 Å². The number of nitrogens with one attached hydrogen (secondary N) is 1. The van der Waals surface area contributed by atoms with Gasteiger partial charge in [0.2, 0.25) is 15.9 Å². The summed E-state index contributed by atoms with van der Waals surface area (Å²) in [6.07, 6.45) is 0. The molecule has 0 spiro atoms. The summed E-state index contributed by atoms with van der Waals surface area (Å²) in [5.74, 6) is -0.722. The summed E-state index contributed by atoms with van der Waals surface area (Å²) >= 11 is 1.10. The molecule has 1 heterocycles. The molecular formula is C19H21FN2O4S2. The third kappa shape index (κ3) is 4.91. The van der Waals surface area contributed by atoms with Crippen molar-refractivity contribution in [2.45, 2.75) is 22.0 Å². The van der Waals surface area contributed by atoms with Gasteiger partial charge < -0.3 is 10.1 Å². The maximum atomic E-state index is 13.8. The largest absolute Gasteiger partial charge is 0.379 e. The van der Waals surface area contributed by atoms with E-state index in [2.05, 4.69) is 5.32 Å². The van der Waals surface area contributed by atoms with Gasteiger partial charge in [0.05, 0.1) is 23.4 Å². The van der Waals surface area contributed by atoms with E-state index in [0.717, 1.165) is 11.8 Å². The summed E-state index contributed by atoms with van der Waals surface area (Å²) in [7, 11) is -3.65. The standard InChI is InChI=1S/C19H21FN2O4S2/c1-14(27-18-8-3-2-7-17(18)20)19(23)21-15-5-4-6-16(13-15)28(24,25)22-9-11-26-12-10-22/h2-8,13-14H,9-12H2,1H3,(H,21,23)/t14-/m1/s1. The zero-order chi connectivity index (χ0) is 20.1. The van der Waals surface area contributed by atoms with Crippen molar-refractivity contribution in [2.75, 3.05) is 31.6 Å². The van der Waals surface area contributed by atoms with Crippen molar-refractivity contribution in [3.05, 3.63) is 54.3 Å². The van der Waals surface area contributed by atoms with Crippen LogP contribution in [0.2, 0.25) is 0 Å². The first kappa shape index (κ1) is 20.8. The summed E-state index contributed by atoms with van der Waals surface area (Å²) in [5, 5.41) is 2.15. The van der Waals surface area contributed by atoms with Crippen molar-refractivity contribution >= 4 is 33.4 Å². The molecule has 1 fully saturated rings. The van der Waals surface area contributed by atoms with Crippen LogP contribution < -0.4 is 5.32 Å². The van der Waals surface area contributed by atoms with Crippen LogP contribution in [0.5, 0.6) is 0 Å². The van der Waals surface area contributed by atoms with Crippen molar-refractivity contribution in [2.24, 2.45) is 0 Å². The molecular weight excluding hydrogens is 403 g/mol. The number of benzene rings is 2. The molecule has 1 amide bonds. The molecule has 1 saturated heterocycles. The Balaban J connectivity index is 1.70. The Kier molecular flexibility index (Phi) is 6.71. The summed E-state index contributed by atoms with van der Waals surface area (Å²) in [5.41, 5.74) is 0.375. The van der Waals surface area contributed by atoms with Crippen LogP contribution >= 0.6 is 11.8 Å². The fourth-order valence-corrected chi connectivity index (χ4v) is 5.04. The lowest BCUT2D eigenvalue weighted by molar-refractivity contribution is -0.115. The fourth-order valence-electron chi connectivity index (χ4n) is 2.70. The van der Waals surface area contributed by atoms with Gasteiger partial charge in [-0.3, -0.25) is 4.79 Å². The van der Waals surface area contributed by atoms with E-state index in [1.165, 1.54) is 22.5 Å². The van der Waals surface area contributed by atoms with Crippen molar-refractivity contribution in [1.82, 2.24) is 4.31 Å². The minimum Gasteiger partial charge on any atom is -0.379 e. The van der Waals surface area contributed by atoms with Gasteiger partial charge in [-0.1, -0.05) is 18.2 Å². The van der Waals surface area contributed by atoms with Crippen LogP contribution in [-0.2, 0) is 19.6 Å². The Morgan fingerprint density at radius 2 is 1.89 bits per heavy atom. The highest BCUT2D eigenvalue weighted by molar-refractivity contribution is 8.00. The van der Waals surface area contributed by atoms with E-state index < -0.39 is 15.3 Å². The van der Waals surface area contributed by atoms with Gasteiger partial charge in [0, 0.05) is 23.7 Å². The smallest absolute Gasteiger partial charge is 0.243 e. The quantitative estimate of drug-likeness (QED) is 0.722. The van der Waals surface area contributed by atoms with E-state index in [-0.39, 0.29) is 16.6 Å². The van der Waals surface area contributed by atoms with Crippen LogP contribution in [-0.4, -0.2) is 50.2 Å². The Morgan fingerprint density at radius 3 is 2.61 bits per heavy atom. The monoisotopic (exact) mass is 424 g/mol. The maximum Gasteiger partial charge on any atom is 0.243 e. The van der Waals surface area contributed by atoms with Gasteiger partial charge in [0.1, 0.15) is 5.82 Å². The zero-order valence-electron chi connectivity index (χ0n) is 15.3. The van der Waals surface area contributed by atoms with Crippen LogP contribution in [0.25, 0.3) is 0 Å². The van der Waals surface area contributed by atoms with Gasteiger partial charge in [0.25, 0.3) is 0 Å². The number of nitrogens with zero attached hydrogens (tertiary/aromatic N) is 1. The molecule has 0 saturated carbocycles. The first-order chi connectivity index (χ1) is 13.4. The second kappa shape index (κ2) is 9.04. The number of anilines is 1. The molecule has 2 aromatic rings. The molecule has 1 atom stereocenters. The lowest BCUT2D eigenvalue weighted by atomic mass is 10.3. The number of rotatable bonds is 6. The normalized spacial score (nSPS) is 16.5. The third-order valence-corrected chi connectivity index (χ3v) is 7.27. The van der Waals surface area contributed by atoms with Crippen LogP contribution in [0.3, 0.4) is 0 Å². The predicted molar refractivity (Wildman–Crippen MR) is 106 cm³/mol. The van der Waals surface area contributed by atoms with Gasteiger partial charge in [-0.25, -0.2) is 12.8 Å². The molecule has 0 aromatic heterocycles. The lowest BCUT2D eigenvalue weighted by Crippen LogP contribution is -2.40. The number of halogens is 1. The number of carbonyl (C=O) groups excluding carboxylic acids is 1. The number of ether oxygens (including phenoxy) is 1. The highest BCUT2D eigenvalue weighted by atomic mass is 32.2. The summed E-state index contributed by atoms with van der Waals surface area (Å²) in [6.45, 7) is 2.99. The molecule has 28 heavy (non-hydrogen) atoms. The van der Waals surface area contributed by atoms with Crippen LogP contribution in [0.1, 0.15) is 6.92 Å². The molecule has 2 aromatic carbocycles. The average Bonchev–Trinajstić information content (AvgIpc) is 2.70. The summed E-state index contributed by atoms with van der Waals surface area (Å²) < 4.78 is 45.8. The zero-order valence-corrected chi connectivity index (χ0v) is 16.9. The minimum absolute atomic E-state index is 0.113. The second-order valence-electron chi connectivity index (χ2n) is 6.22. The van der Waals surface area contributed by atoms with E-state index in [9.17, 15) is 17.6 Å². The van der Waals surface area contributed by atoms with Crippen LogP contribution in [0.4, 0.5) is 10.1 Å². The molecule has 1 N–H and O–H groups in total. The number of hydrogen-bond acceptors (Lipinski definition) is 5. The van der Waals surface area contributed by atoms with E-state index in [4.69, 9.17) is 4.74 Å². The summed E-state index contributed by atoms with van der Waals surface area (Å²) in [6, 6.07) is 12.4. The Bertz CT molecular complexity index is 946. The molecule has 0 bridgehead atoms. The summed E-state index contributed by atoms with van der Waals surface area (Å²) in [4.78, 5) is 13.0. The molecule has 150 valence electrons. The number of sulfonamides is 1. The van der Waals surface area contributed by atoms with E-state index in [0.29, 0.717) is 36.9 Å². The lowest BCUT2D eigenvalue weighted by Gasteiger charge is -2.26. The average molecular weight is 425 g/mol. The highest BCUT2D eigenvalue weighted by Gasteiger charge is 2.26. The van der Waals surface area contributed by atoms with Gasteiger partial charge in [-0.2, -0.15) is 4.31 Å². The molecule has 9 heteroatoms. The topological polar surface area (TPSA) is 75.7 Å². The third-order valence-electron chi connectivity index (χ3n) is 4.22. The Hall–Kier alpha value is -1.94. The Labute approximate surface area is 168 Å². The number of carbonyl (C=O) groups is 1. The van der Waals surface area contributed by atoms with Gasteiger partial charge in [-0.15, -0.1) is 11.8 Å². The molecule has 0 aliphatic carbocycles. The van der Waals surface area contributed by atoms with Crippen LogP contribution in [0.15, 0.2) is 58.3 Å². The molecule has 3 rings (SSSR count). The van der Waals surface area contributed by atoms with Crippen molar-refractivity contribution in [3.8, 4) is 0 Å². The van der Waals surface area contributed by atoms with Crippen LogP contribution in [0, 0.1) is 5.82 Å². The molecule has 1 aliphatic rings. The molecule has 1 aliphatic heterocycles. The van der Waals surface area contributed by atoms with E-state index >= 15 is 0 Å². The first-order valence-corrected chi connectivity index (χ1v) is 11.1. The second-order valence-corrected chi connectivity index (χ2v) is 9.54. The molecule has 0 radical (unpaired) electrons. The van der Waals surface area contributed by atoms with Gasteiger partial charge in [0.15, 0.2) is 0 Å². The molecule has 6 nitrogen and oxygen atoms in total. The number of amides is 1. The fraction of sp³-hybridized carbons (Fsp3) is 0.316. The highest BCUT2D eigenvalue weighted by Crippen LogP contribution is 2.27. The minimum atomic E-state index is -3.65. The van der Waals surface area contributed by atoms with E-state index in [1.807, 2.05) is 0 Å². The predicted octanol–water partition coefficient (Wildman–Crippen LogP) is 2.97. The van der Waals surface area contributed by atoms with Crippen molar-refractivity contribution in [1.29, 1.82) is 0 Å². The number of morpholine rings is 1. The van der Waals surface area contributed by atoms with Crippen molar-refractivity contribution < 1.29 is 22.3 Å². The van der Waals surface area contributed by atoms with Gasteiger partial charge >= 0.3 is 0 Å². The number of thioether (sulfide) groups is 1. The number of hydrogen-bond donors (Lipinski definition) is 1.